The number of hydrogen-bond acceptors (Lipinski definition) is 3. The minimum Gasteiger partial charge on any atom is -0.465 e. The summed E-state index contributed by atoms with van der Waals surface area (Å²) in [5.74, 6) is 0. The Labute approximate surface area is 193 Å². The number of rotatable bonds is 6. The van der Waals surface area contributed by atoms with Crippen molar-refractivity contribution in [2.75, 3.05) is 5.32 Å². The first-order chi connectivity index (χ1) is 16.2. The Kier molecular flexibility index (Phi) is 7.38. The van der Waals surface area contributed by atoms with E-state index in [9.17, 15) is 33.1 Å². The molecule has 0 radical (unpaired) electrons. The number of carboxylic acid groups (broad SMARTS) is 1. The van der Waals surface area contributed by atoms with Crippen LogP contribution in [0, 0.1) is 11.5 Å². The molecule has 3 rings (SSSR count). The van der Waals surface area contributed by atoms with Gasteiger partial charge in [-0.2, -0.15) is 18.4 Å². The maximum atomic E-state index is 13.1. The summed E-state index contributed by atoms with van der Waals surface area (Å²) in [5.41, 5.74) is 0.114. The van der Waals surface area contributed by atoms with Gasteiger partial charge in [-0.25, -0.2) is 14.5 Å². The average molecular weight is 468 g/mol. The van der Waals surface area contributed by atoms with Gasteiger partial charge in [-0.05, 0) is 35.4 Å². The van der Waals surface area contributed by atoms with Gasteiger partial charge < -0.3 is 15.7 Å². The zero-order chi connectivity index (χ0) is 24.7. The third kappa shape index (κ3) is 5.83. The van der Waals surface area contributed by atoms with Gasteiger partial charge in [0.15, 0.2) is 6.19 Å². The van der Waals surface area contributed by atoms with E-state index in [4.69, 9.17) is 0 Å². The molecule has 0 spiro atoms. The van der Waals surface area contributed by atoms with Crippen molar-refractivity contribution in [3.63, 3.8) is 0 Å². The lowest BCUT2D eigenvalue weighted by Crippen LogP contribution is -2.42. The van der Waals surface area contributed by atoms with E-state index < -0.39 is 35.9 Å². The highest BCUT2D eigenvalue weighted by Gasteiger charge is 2.35. The second-order valence-electron chi connectivity index (χ2n) is 7.17. The lowest BCUT2D eigenvalue weighted by Gasteiger charge is -2.33. The van der Waals surface area contributed by atoms with E-state index in [1.807, 2.05) is 0 Å². The van der Waals surface area contributed by atoms with Crippen LogP contribution >= 0.6 is 0 Å². The highest BCUT2D eigenvalue weighted by molar-refractivity contribution is 5.90. The summed E-state index contributed by atoms with van der Waals surface area (Å²) in [6, 6.07) is 17.4. The number of anilines is 1. The molecule has 3 N–H and O–H groups in total. The molecule has 34 heavy (non-hydrogen) atoms. The predicted octanol–water partition coefficient (Wildman–Crippen LogP) is 5.77. The van der Waals surface area contributed by atoms with Crippen LogP contribution < -0.4 is 10.6 Å². The van der Waals surface area contributed by atoms with E-state index in [0.29, 0.717) is 11.1 Å². The van der Waals surface area contributed by atoms with Crippen molar-refractivity contribution in [1.29, 1.82) is 5.26 Å². The predicted molar refractivity (Wildman–Crippen MR) is 117 cm³/mol. The van der Waals surface area contributed by atoms with Crippen molar-refractivity contribution in [2.24, 2.45) is 0 Å². The number of halogens is 3. The highest BCUT2D eigenvalue weighted by atomic mass is 19.4. The first-order valence-electron chi connectivity index (χ1n) is 9.97. The van der Waals surface area contributed by atoms with Gasteiger partial charge in [0.05, 0.1) is 17.6 Å². The van der Waals surface area contributed by atoms with Crippen LogP contribution in [0.2, 0.25) is 0 Å². The molecule has 0 aliphatic carbocycles. The number of urea groups is 1. The molecule has 3 amide bonds. The van der Waals surface area contributed by atoms with Gasteiger partial charge >= 0.3 is 18.3 Å². The zero-order valence-corrected chi connectivity index (χ0v) is 17.5. The molecule has 3 aromatic carbocycles. The van der Waals surface area contributed by atoms with Gasteiger partial charge in [-0.3, -0.25) is 0 Å². The van der Waals surface area contributed by atoms with E-state index >= 15 is 0 Å². The Balaban J connectivity index is 1.99. The molecular weight excluding hydrogens is 449 g/mol. The van der Waals surface area contributed by atoms with E-state index in [1.165, 1.54) is 0 Å². The van der Waals surface area contributed by atoms with Crippen LogP contribution in [0.5, 0.6) is 0 Å². The molecule has 0 aliphatic heterocycles. The summed E-state index contributed by atoms with van der Waals surface area (Å²) in [4.78, 5) is 25.4. The number of nitrogens with zero attached hydrogens (tertiary/aromatic N) is 2. The van der Waals surface area contributed by atoms with Crippen LogP contribution in [0.25, 0.3) is 0 Å². The standard InChI is InChI=1S/C24H19F3N4O3/c25-24(26,27)18-11-13-19(14-12-18)29-22(32)31(15-28)21(17-9-5-2-6-10-17)20(30-23(33)34)16-7-3-1-4-8-16/h1-14,20-21,30H,(H,29,32)(H,33,34)/t20-,21-/m0/s1. The molecule has 0 fully saturated rings. The average Bonchev–Trinajstić information content (AvgIpc) is 2.82. The number of nitrogens with one attached hydrogen (secondary N) is 2. The summed E-state index contributed by atoms with van der Waals surface area (Å²) >= 11 is 0. The summed E-state index contributed by atoms with van der Waals surface area (Å²) in [6.07, 6.45) is -4.11. The smallest absolute Gasteiger partial charge is 0.416 e. The molecule has 0 bridgehead atoms. The van der Waals surface area contributed by atoms with Crippen molar-refractivity contribution >= 4 is 17.8 Å². The number of alkyl halides is 3. The fraction of sp³-hybridized carbons (Fsp3) is 0.125. The van der Waals surface area contributed by atoms with E-state index in [-0.39, 0.29) is 5.69 Å². The second kappa shape index (κ2) is 10.4. The largest absolute Gasteiger partial charge is 0.465 e. The van der Waals surface area contributed by atoms with E-state index in [2.05, 4.69) is 10.6 Å². The lowest BCUT2D eigenvalue weighted by molar-refractivity contribution is -0.137. The Morgan fingerprint density at radius 2 is 1.41 bits per heavy atom. The molecule has 0 saturated carbocycles. The number of benzene rings is 3. The number of carbonyl (C=O) groups excluding carboxylic acids is 1. The fourth-order valence-electron chi connectivity index (χ4n) is 3.44. The molecule has 10 heteroatoms. The summed E-state index contributed by atoms with van der Waals surface area (Å²) in [6.45, 7) is 0. The maximum absolute atomic E-state index is 13.1. The first-order valence-corrected chi connectivity index (χ1v) is 9.97. The Bertz CT molecular complexity index is 1160. The Morgan fingerprint density at radius 1 is 0.882 bits per heavy atom. The van der Waals surface area contributed by atoms with Gasteiger partial charge in [0.1, 0.15) is 0 Å². The van der Waals surface area contributed by atoms with Crippen LogP contribution in [0.3, 0.4) is 0 Å². The Hall–Kier alpha value is -4.52. The molecule has 0 heterocycles. The van der Waals surface area contributed by atoms with Gasteiger partial charge in [-0.15, -0.1) is 0 Å². The molecule has 7 nitrogen and oxygen atoms in total. The van der Waals surface area contributed by atoms with Crippen molar-refractivity contribution < 1.29 is 27.9 Å². The maximum Gasteiger partial charge on any atom is 0.416 e. The molecule has 3 aromatic rings. The molecular formula is C24H19F3N4O3. The third-order valence-electron chi connectivity index (χ3n) is 4.96. The van der Waals surface area contributed by atoms with Gasteiger partial charge in [0.25, 0.3) is 0 Å². The number of hydrogen-bond donors (Lipinski definition) is 3. The van der Waals surface area contributed by atoms with E-state index in [0.717, 1.165) is 29.2 Å². The zero-order valence-electron chi connectivity index (χ0n) is 17.5. The lowest BCUT2D eigenvalue weighted by atomic mass is 9.92. The van der Waals surface area contributed by atoms with Crippen LogP contribution in [0.4, 0.5) is 28.4 Å². The fourth-order valence-corrected chi connectivity index (χ4v) is 3.44. The number of amides is 3. The highest BCUT2D eigenvalue weighted by Crippen LogP contribution is 2.35. The molecule has 0 saturated heterocycles. The molecule has 174 valence electrons. The quantitative estimate of drug-likeness (QED) is 0.315. The van der Waals surface area contributed by atoms with Crippen LogP contribution in [-0.2, 0) is 6.18 Å². The minimum absolute atomic E-state index is 0.0347. The number of nitriles is 1. The monoisotopic (exact) mass is 468 g/mol. The van der Waals surface area contributed by atoms with Gasteiger partial charge in [-0.1, -0.05) is 60.7 Å². The van der Waals surface area contributed by atoms with Gasteiger partial charge in [0, 0.05) is 5.69 Å². The second-order valence-corrected chi connectivity index (χ2v) is 7.17. The van der Waals surface area contributed by atoms with Crippen LogP contribution in [0.1, 0.15) is 28.8 Å². The van der Waals surface area contributed by atoms with Crippen LogP contribution in [-0.4, -0.2) is 22.1 Å². The molecule has 0 aromatic heterocycles. The minimum atomic E-state index is -4.54. The number of carbonyl (C=O) groups is 2. The Morgan fingerprint density at radius 3 is 1.88 bits per heavy atom. The van der Waals surface area contributed by atoms with E-state index in [1.54, 1.807) is 66.9 Å². The van der Waals surface area contributed by atoms with Crippen molar-refractivity contribution in [3.8, 4) is 6.19 Å². The summed E-state index contributed by atoms with van der Waals surface area (Å²) in [5, 5.41) is 24.1. The summed E-state index contributed by atoms with van der Waals surface area (Å²) in [7, 11) is 0. The van der Waals surface area contributed by atoms with Gasteiger partial charge in [0.2, 0.25) is 0 Å². The topological polar surface area (TPSA) is 105 Å². The van der Waals surface area contributed by atoms with Crippen molar-refractivity contribution in [1.82, 2.24) is 10.2 Å². The van der Waals surface area contributed by atoms with Crippen LogP contribution in [0.15, 0.2) is 84.9 Å². The first kappa shape index (κ1) is 24.1. The summed E-state index contributed by atoms with van der Waals surface area (Å²) < 4.78 is 38.5. The van der Waals surface area contributed by atoms with Crippen molar-refractivity contribution in [2.45, 2.75) is 18.3 Å². The SMILES string of the molecule is N#CN(C(=O)Nc1ccc(C(F)(F)F)cc1)[C@@H](c1ccccc1)[C@@H](NC(=O)O)c1ccccc1. The molecule has 0 aliphatic rings. The molecule has 2 atom stereocenters. The normalized spacial score (nSPS) is 12.6. The third-order valence-corrected chi connectivity index (χ3v) is 4.96. The molecule has 0 unspecified atom stereocenters. The van der Waals surface area contributed by atoms with Crippen molar-refractivity contribution in [3.05, 3.63) is 102 Å².